The average Bonchev–Trinajstić information content (AvgIpc) is 3.08. The molecule has 0 fully saturated rings. The van der Waals surface area contributed by atoms with Gasteiger partial charge in [-0.25, -0.2) is 9.18 Å². The molecule has 1 aliphatic rings. The quantitative estimate of drug-likeness (QED) is 0.405. The third-order valence-electron chi connectivity index (χ3n) is 5.38. The van der Waals surface area contributed by atoms with Crippen LogP contribution in [0, 0.1) is 23.1 Å². The second-order valence-electron chi connectivity index (χ2n) is 7.70. The van der Waals surface area contributed by atoms with Gasteiger partial charge in [0.1, 0.15) is 12.4 Å². The summed E-state index contributed by atoms with van der Waals surface area (Å²) in [5.41, 5.74) is 2.34. The van der Waals surface area contributed by atoms with Gasteiger partial charge in [-0.15, -0.1) is 0 Å². The molecule has 0 saturated heterocycles. The Balaban J connectivity index is 1.39. The van der Waals surface area contributed by atoms with Crippen LogP contribution in [0.4, 0.5) is 4.39 Å². The number of carbonyl (C=O) groups is 3. The van der Waals surface area contributed by atoms with Gasteiger partial charge < -0.3 is 4.74 Å². The molecular weight excluding hydrogens is 423 g/mol. The van der Waals surface area contributed by atoms with Gasteiger partial charge in [-0.2, -0.15) is 5.26 Å². The number of amides is 2. The maximum Gasteiger partial charge on any atom is 0.338 e. The summed E-state index contributed by atoms with van der Waals surface area (Å²) in [7, 11) is 0. The minimum Gasteiger partial charge on any atom is -0.461 e. The molecule has 0 spiro atoms. The van der Waals surface area contributed by atoms with Crippen molar-refractivity contribution in [2.75, 3.05) is 6.61 Å². The molecule has 3 aromatic carbocycles. The van der Waals surface area contributed by atoms with Gasteiger partial charge in [0.2, 0.25) is 0 Å². The Labute approximate surface area is 189 Å². The number of hydrogen-bond donors (Lipinski definition) is 0. The summed E-state index contributed by atoms with van der Waals surface area (Å²) in [6.45, 7) is -0.0891. The zero-order valence-corrected chi connectivity index (χ0v) is 17.5. The summed E-state index contributed by atoms with van der Waals surface area (Å²) in [5.74, 6) is -2.30. The predicted octanol–water partition coefficient (Wildman–Crippen LogP) is 4.16. The molecule has 0 N–H and O–H groups in total. The monoisotopic (exact) mass is 442 g/mol. The molecule has 7 heteroatoms. The summed E-state index contributed by atoms with van der Waals surface area (Å²) >= 11 is 0. The fourth-order valence-electron chi connectivity index (χ4n) is 3.67. The van der Waals surface area contributed by atoms with Crippen molar-refractivity contribution in [1.29, 1.82) is 5.26 Å². The second kappa shape index (κ2) is 9.45. The van der Waals surface area contributed by atoms with Gasteiger partial charge in [0.25, 0.3) is 11.8 Å². The summed E-state index contributed by atoms with van der Waals surface area (Å²) in [4.78, 5) is 38.8. The Morgan fingerprint density at radius 3 is 2.24 bits per heavy atom. The molecule has 33 heavy (non-hydrogen) atoms. The lowest BCUT2D eigenvalue weighted by atomic mass is 10.0. The van der Waals surface area contributed by atoms with Crippen LogP contribution in [0.1, 0.15) is 42.2 Å². The van der Waals surface area contributed by atoms with Gasteiger partial charge >= 0.3 is 5.97 Å². The van der Waals surface area contributed by atoms with Crippen molar-refractivity contribution in [1.82, 2.24) is 4.90 Å². The van der Waals surface area contributed by atoms with Crippen molar-refractivity contribution in [2.24, 2.45) is 5.92 Å². The Morgan fingerprint density at radius 2 is 1.61 bits per heavy atom. The van der Waals surface area contributed by atoms with Crippen molar-refractivity contribution in [3.63, 3.8) is 0 Å². The number of nitriles is 1. The third kappa shape index (κ3) is 4.80. The summed E-state index contributed by atoms with van der Waals surface area (Å²) in [6.07, 6.45) is 0.323. The van der Waals surface area contributed by atoms with Crippen LogP contribution < -0.4 is 0 Å². The van der Waals surface area contributed by atoms with E-state index in [0.717, 1.165) is 10.5 Å². The van der Waals surface area contributed by atoms with E-state index in [4.69, 9.17) is 4.74 Å². The van der Waals surface area contributed by atoms with Crippen molar-refractivity contribution in [2.45, 2.75) is 13.0 Å². The van der Waals surface area contributed by atoms with E-state index in [-0.39, 0.29) is 36.3 Å². The highest BCUT2D eigenvalue weighted by Gasteiger charge is 2.35. The van der Waals surface area contributed by atoms with Crippen molar-refractivity contribution in [3.8, 4) is 6.07 Å². The fraction of sp³-hybridized carbons (Fsp3) is 0.154. The number of ether oxygens (including phenoxy) is 1. The van der Waals surface area contributed by atoms with Gasteiger partial charge in [-0.3, -0.25) is 14.5 Å². The molecule has 1 aliphatic heterocycles. The first kappa shape index (κ1) is 21.9. The van der Waals surface area contributed by atoms with Crippen LogP contribution in [0.5, 0.6) is 0 Å². The SMILES string of the molecule is N#CC(COC(=O)c1cccc(CN2C(=O)c3ccccc3C2=O)c1)Cc1ccc(F)cc1. The Kier molecular flexibility index (Phi) is 6.27. The summed E-state index contributed by atoms with van der Waals surface area (Å²) < 4.78 is 18.4. The molecule has 0 saturated carbocycles. The molecule has 1 unspecified atom stereocenters. The molecule has 0 aliphatic carbocycles. The van der Waals surface area contributed by atoms with E-state index >= 15 is 0 Å². The minimum absolute atomic E-state index is 0.0266. The molecule has 4 rings (SSSR count). The molecule has 164 valence electrons. The van der Waals surface area contributed by atoms with Crippen LogP contribution in [0.2, 0.25) is 0 Å². The number of esters is 1. The van der Waals surface area contributed by atoms with Crippen LogP contribution >= 0.6 is 0 Å². The second-order valence-corrected chi connectivity index (χ2v) is 7.70. The third-order valence-corrected chi connectivity index (χ3v) is 5.38. The average molecular weight is 442 g/mol. The smallest absolute Gasteiger partial charge is 0.338 e. The largest absolute Gasteiger partial charge is 0.461 e. The highest BCUT2D eigenvalue weighted by Crippen LogP contribution is 2.24. The molecule has 0 bridgehead atoms. The van der Waals surface area contributed by atoms with Gasteiger partial charge in [-0.05, 0) is 53.9 Å². The highest BCUT2D eigenvalue weighted by molar-refractivity contribution is 6.21. The lowest BCUT2D eigenvalue weighted by molar-refractivity contribution is 0.0467. The maximum atomic E-state index is 13.0. The van der Waals surface area contributed by atoms with Gasteiger partial charge in [-0.1, -0.05) is 36.4 Å². The molecule has 0 aromatic heterocycles. The first-order chi connectivity index (χ1) is 16.0. The Morgan fingerprint density at radius 1 is 0.939 bits per heavy atom. The number of halogens is 1. The lowest BCUT2D eigenvalue weighted by Crippen LogP contribution is -2.29. The topological polar surface area (TPSA) is 87.5 Å². The lowest BCUT2D eigenvalue weighted by Gasteiger charge is -2.15. The minimum atomic E-state index is -0.612. The first-order valence-corrected chi connectivity index (χ1v) is 10.3. The van der Waals surface area contributed by atoms with Gasteiger partial charge in [0, 0.05) is 0 Å². The van der Waals surface area contributed by atoms with Crippen LogP contribution in [-0.2, 0) is 17.7 Å². The van der Waals surface area contributed by atoms with Crippen LogP contribution in [0.3, 0.4) is 0 Å². The van der Waals surface area contributed by atoms with E-state index in [1.165, 1.54) is 12.1 Å². The Hall–Kier alpha value is -4.31. The van der Waals surface area contributed by atoms with Gasteiger partial charge in [0.05, 0.1) is 35.2 Å². The standard InChI is InChI=1S/C26H19FN2O4/c27-21-10-8-17(9-11-21)12-19(14-28)16-33-26(32)20-5-3-4-18(13-20)15-29-24(30)22-6-1-2-7-23(22)25(29)31/h1-11,13,19H,12,15-16H2. The highest BCUT2D eigenvalue weighted by atomic mass is 19.1. The van der Waals surface area contributed by atoms with Crippen molar-refractivity contribution < 1.29 is 23.5 Å². The van der Waals surface area contributed by atoms with E-state index in [1.54, 1.807) is 60.7 Å². The van der Waals surface area contributed by atoms with E-state index in [9.17, 15) is 24.0 Å². The van der Waals surface area contributed by atoms with E-state index in [1.807, 2.05) is 0 Å². The van der Waals surface area contributed by atoms with Crippen LogP contribution in [0.25, 0.3) is 0 Å². The van der Waals surface area contributed by atoms with Crippen molar-refractivity contribution >= 4 is 17.8 Å². The molecule has 1 heterocycles. The molecule has 0 radical (unpaired) electrons. The molecule has 6 nitrogen and oxygen atoms in total. The predicted molar refractivity (Wildman–Crippen MR) is 117 cm³/mol. The maximum absolute atomic E-state index is 13.0. The normalized spacial score (nSPS) is 13.4. The number of imide groups is 1. The fourth-order valence-corrected chi connectivity index (χ4v) is 3.67. The number of carbonyl (C=O) groups excluding carboxylic acids is 3. The number of fused-ring (bicyclic) bond motifs is 1. The van der Waals surface area contributed by atoms with E-state index in [2.05, 4.69) is 6.07 Å². The molecule has 3 aromatic rings. The zero-order valence-electron chi connectivity index (χ0n) is 17.5. The van der Waals surface area contributed by atoms with Crippen LogP contribution in [0.15, 0.2) is 72.8 Å². The summed E-state index contributed by atoms with van der Waals surface area (Å²) in [5, 5.41) is 9.37. The zero-order chi connectivity index (χ0) is 23.4. The molecule has 2 amide bonds. The number of hydrogen-bond acceptors (Lipinski definition) is 5. The summed E-state index contributed by atoms with van der Waals surface area (Å²) in [6, 6.07) is 21.0. The van der Waals surface area contributed by atoms with Gasteiger partial charge in [0.15, 0.2) is 0 Å². The number of rotatable bonds is 7. The van der Waals surface area contributed by atoms with Crippen molar-refractivity contribution in [3.05, 3.63) is 106 Å². The van der Waals surface area contributed by atoms with E-state index < -0.39 is 11.9 Å². The molecular formula is C26H19FN2O4. The van der Waals surface area contributed by atoms with Crippen LogP contribution in [-0.4, -0.2) is 29.3 Å². The first-order valence-electron chi connectivity index (χ1n) is 10.3. The Bertz CT molecular complexity index is 1230. The van der Waals surface area contributed by atoms with E-state index in [0.29, 0.717) is 23.1 Å². The number of benzene rings is 3. The number of nitrogens with zero attached hydrogens (tertiary/aromatic N) is 2. The molecule has 1 atom stereocenters.